The van der Waals surface area contributed by atoms with Gasteiger partial charge in [-0.3, -0.25) is 0 Å². The van der Waals surface area contributed by atoms with Crippen LogP contribution < -0.4 is 10.6 Å². The van der Waals surface area contributed by atoms with Crippen molar-refractivity contribution in [2.75, 3.05) is 5.75 Å². The van der Waals surface area contributed by atoms with E-state index in [0.717, 1.165) is 52.0 Å². The van der Waals surface area contributed by atoms with Crippen LogP contribution in [0.1, 0.15) is 69.2 Å². The van der Waals surface area contributed by atoms with Crippen molar-refractivity contribution < 1.29 is 5.11 Å². The third kappa shape index (κ3) is 4.23. The van der Waals surface area contributed by atoms with Crippen molar-refractivity contribution in [3.63, 3.8) is 0 Å². The molecule has 5 heteroatoms. The number of hydrogen-bond acceptors (Lipinski definition) is 4. The van der Waals surface area contributed by atoms with Crippen molar-refractivity contribution in [2.24, 2.45) is 15.9 Å². The number of aliphatic imine (C=N–C) groups is 2. The molecule has 1 aromatic carbocycles. The molecule has 1 aromatic heterocycles. The number of nitrogens with zero attached hydrogens (tertiary/aromatic N) is 2. The van der Waals surface area contributed by atoms with E-state index >= 15 is 0 Å². The van der Waals surface area contributed by atoms with Crippen LogP contribution in [0.4, 0.5) is 0 Å². The normalized spacial score (nSPS) is 21.1. The molecule has 0 fully saturated rings. The van der Waals surface area contributed by atoms with Gasteiger partial charge in [-0.25, -0.2) is 9.98 Å². The third-order valence-electron chi connectivity index (χ3n) is 6.70. The van der Waals surface area contributed by atoms with E-state index in [1.165, 1.54) is 21.6 Å². The number of allylic oxidation sites excluding steroid dienone is 2. The highest BCUT2D eigenvalue weighted by molar-refractivity contribution is 8.03. The average Bonchev–Trinajstić information content (AvgIpc) is 3.10. The summed E-state index contributed by atoms with van der Waals surface area (Å²) in [4.78, 5) is 13.9. The lowest BCUT2D eigenvalue weighted by Gasteiger charge is -2.25. The summed E-state index contributed by atoms with van der Waals surface area (Å²) in [5.41, 5.74) is 6.66. The molecule has 2 heterocycles. The molecule has 0 spiro atoms. The van der Waals surface area contributed by atoms with Crippen LogP contribution >= 0.6 is 11.8 Å². The van der Waals surface area contributed by atoms with Crippen LogP contribution in [0.3, 0.4) is 0 Å². The SMILES string of the molecule is CCc1ccc(C)c(C2C=c3c(C(C)=NC4=NC(C)=C(C)SC4)c(O)[nH]c3=CC2CC)c1. The van der Waals surface area contributed by atoms with E-state index in [2.05, 4.69) is 68.0 Å². The Morgan fingerprint density at radius 2 is 2.00 bits per heavy atom. The highest BCUT2D eigenvalue weighted by Crippen LogP contribution is 2.34. The molecular formula is C27H33N3OS. The van der Waals surface area contributed by atoms with Crippen molar-refractivity contribution in [3.05, 3.63) is 61.6 Å². The molecule has 4 rings (SSSR count). The lowest BCUT2D eigenvalue weighted by molar-refractivity contribution is 0.455. The molecule has 0 saturated heterocycles. The van der Waals surface area contributed by atoms with Gasteiger partial charge in [0.1, 0.15) is 5.84 Å². The molecule has 1 aliphatic heterocycles. The summed E-state index contributed by atoms with van der Waals surface area (Å²) in [6, 6.07) is 6.82. The van der Waals surface area contributed by atoms with Gasteiger partial charge in [0.2, 0.25) is 0 Å². The number of fused-ring (bicyclic) bond motifs is 1. The number of aromatic nitrogens is 1. The number of H-pyrrole nitrogens is 1. The van der Waals surface area contributed by atoms with E-state index in [1.807, 2.05) is 13.8 Å². The lowest BCUT2D eigenvalue weighted by Crippen LogP contribution is -2.34. The topological polar surface area (TPSA) is 60.7 Å². The quantitative estimate of drug-likeness (QED) is 0.634. The minimum atomic E-state index is 0.186. The van der Waals surface area contributed by atoms with Gasteiger partial charge in [0, 0.05) is 27.1 Å². The first-order valence-electron chi connectivity index (χ1n) is 11.5. The van der Waals surface area contributed by atoms with Crippen molar-refractivity contribution in [3.8, 4) is 5.88 Å². The summed E-state index contributed by atoms with van der Waals surface area (Å²) in [6.45, 7) is 12.7. The van der Waals surface area contributed by atoms with E-state index in [9.17, 15) is 5.11 Å². The summed E-state index contributed by atoms with van der Waals surface area (Å²) in [7, 11) is 0. The lowest BCUT2D eigenvalue weighted by atomic mass is 9.78. The molecule has 0 radical (unpaired) electrons. The van der Waals surface area contributed by atoms with Gasteiger partial charge in [-0.15, -0.1) is 11.8 Å². The van der Waals surface area contributed by atoms with Crippen LogP contribution in [0.25, 0.3) is 12.2 Å². The van der Waals surface area contributed by atoms with E-state index in [0.29, 0.717) is 5.92 Å². The first kappa shape index (κ1) is 22.7. The number of hydrogen-bond donors (Lipinski definition) is 2. The zero-order valence-corrected chi connectivity index (χ0v) is 20.7. The Bertz CT molecular complexity index is 1260. The second kappa shape index (κ2) is 9.14. The monoisotopic (exact) mass is 447 g/mol. The molecule has 2 N–H and O–H groups in total. The highest BCUT2D eigenvalue weighted by Gasteiger charge is 2.25. The maximum absolute atomic E-state index is 10.8. The summed E-state index contributed by atoms with van der Waals surface area (Å²) in [5, 5.41) is 12.9. The Morgan fingerprint density at radius 1 is 1.22 bits per heavy atom. The Balaban J connectivity index is 1.84. The third-order valence-corrected chi connectivity index (χ3v) is 7.83. The van der Waals surface area contributed by atoms with Gasteiger partial charge >= 0.3 is 0 Å². The molecule has 2 atom stereocenters. The standard InChI is InChI=1S/C27H33N3OS/c1-7-19-10-9-15(3)21(11-19)22-13-23-24(12-20(22)8-2)30-27(31)26(23)17(5)29-25-14-32-18(6)16(4)28-25/h9-13,20,22,30-31H,7-8,14H2,1-6H3. The number of amidine groups is 1. The van der Waals surface area contributed by atoms with E-state index in [4.69, 9.17) is 4.99 Å². The number of aromatic amines is 1. The second-order valence-corrected chi connectivity index (χ2v) is 10.00. The van der Waals surface area contributed by atoms with Crippen LogP contribution in [0, 0.1) is 12.8 Å². The van der Waals surface area contributed by atoms with Crippen molar-refractivity contribution in [1.29, 1.82) is 0 Å². The minimum Gasteiger partial charge on any atom is -0.494 e. The molecule has 0 bridgehead atoms. The molecule has 168 valence electrons. The summed E-state index contributed by atoms with van der Waals surface area (Å²) >= 11 is 1.77. The maximum Gasteiger partial charge on any atom is 0.198 e. The molecule has 2 unspecified atom stereocenters. The molecule has 0 saturated carbocycles. The van der Waals surface area contributed by atoms with Crippen molar-refractivity contribution in [1.82, 2.24) is 4.98 Å². The predicted molar refractivity (Wildman–Crippen MR) is 138 cm³/mol. The summed E-state index contributed by atoms with van der Waals surface area (Å²) in [6.07, 6.45) is 6.69. The van der Waals surface area contributed by atoms with E-state index in [1.54, 1.807) is 11.8 Å². The first-order chi connectivity index (χ1) is 15.3. The Morgan fingerprint density at radius 3 is 2.69 bits per heavy atom. The number of aryl methyl sites for hydroxylation is 2. The van der Waals surface area contributed by atoms with Crippen molar-refractivity contribution in [2.45, 2.75) is 60.3 Å². The second-order valence-electron chi connectivity index (χ2n) is 8.81. The highest BCUT2D eigenvalue weighted by atomic mass is 32.2. The van der Waals surface area contributed by atoms with Crippen LogP contribution in [-0.4, -0.2) is 27.4 Å². The van der Waals surface area contributed by atoms with Gasteiger partial charge in [0.15, 0.2) is 5.88 Å². The molecule has 1 aliphatic carbocycles. The molecule has 4 nitrogen and oxygen atoms in total. The van der Waals surface area contributed by atoms with Crippen LogP contribution in [0.2, 0.25) is 0 Å². The number of aromatic hydroxyl groups is 1. The Kier molecular flexibility index (Phi) is 6.47. The fraction of sp³-hybridized carbons (Fsp3) is 0.407. The summed E-state index contributed by atoms with van der Waals surface area (Å²) in [5.74, 6) is 2.40. The van der Waals surface area contributed by atoms with Gasteiger partial charge in [-0.05, 0) is 63.1 Å². The average molecular weight is 448 g/mol. The number of rotatable bonds is 4. The summed E-state index contributed by atoms with van der Waals surface area (Å²) < 4.78 is 0. The maximum atomic E-state index is 10.8. The minimum absolute atomic E-state index is 0.186. The fourth-order valence-corrected chi connectivity index (χ4v) is 5.39. The van der Waals surface area contributed by atoms with Crippen molar-refractivity contribution >= 4 is 35.5 Å². The van der Waals surface area contributed by atoms with Crippen LogP contribution in [0.15, 0.2) is 38.8 Å². The fourth-order valence-electron chi connectivity index (χ4n) is 4.66. The Labute approximate surface area is 195 Å². The number of thioether (sulfide) groups is 1. The molecule has 0 amide bonds. The smallest absolute Gasteiger partial charge is 0.198 e. The molecular weight excluding hydrogens is 414 g/mol. The molecule has 32 heavy (non-hydrogen) atoms. The van der Waals surface area contributed by atoms with Gasteiger partial charge < -0.3 is 10.1 Å². The number of benzene rings is 1. The first-order valence-corrected chi connectivity index (χ1v) is 12.5. The van der Waals surface area contributed by atoms with Gasteiger partial charge in [-0.2, -0.15) is 0 Å². The zero-order valence-electron chi connectivity index (χ0n) is 19.9. The number of nitrogens with one attached hydrogen (secondary N) is 1. The van der Waals surface area contributed by atoms with Crippen LogP contribution in [-0.2, 0) is 6.42 Å². The van der Waals surface area contributed by atoms with Gasteiger partial charge in [-0.1, -0.05) is 44.2 Å². The Hall–Kier alpha value is -2.53. The van der Waals surface area contributed by atoms with Gasteiger partial charge in [0.05, 0.1) is 17.0 Å². The van der Waals surface area contributed by atoms with Gasteiger partial charge in [0.25, 0.3) is 0 Å². The predicted octanol–water partition coefficient (Wildman–Crippen LogP) is 5.18. The zero-order chi connectivity index (χ0) is 23.0. The van der Waals surface area contributed by atoms with Crippen LogP contribution in [0.5, 0.6) is 5.88 Å². The molecule has 2 aliphatic rings. The largest absolute Gasteiger partial charge is 0.494 e. The molecule has 2 aromatic rings. The van der Waals surface area contributed by atoms with E-state index in [-0.39, 0.29) is 11.8 Å². The van der Waals surface area contributed by atoms with E-state index < -0.39 is 0 Å².